The zero-order chi connectivity index (χ0) is 20.9. The minimum absolute atomic E-state index is 0. The number of hydrogen-bond donors (Lipinski definition) is 3. The van der Waals surface area contributed by atoms with E-state index in [0.29, 0.717) is 13.1 Å². The molecule has 0 aliphatic heterocycles. The fraction of sp³-hybridized carbons (Fsp3) is 0.167. The number of rotatable bonds is 6. The molecule has 2 aromatic heterocycles. The first-order chi connectivity index (χ1) is 14.7. The van der Waals surface area contributed by atoms with Gasteiger partial charge in [-0.25, -0.2) is 9.78 Å². The van der Waals surface area contributed by atoms with Gasteiger partial charge in [-0.3, -0.25) is 4.40 Å². The van der Waals surface area contributed by atoms with E-state index < -0.39 is 0 Å². The molecule has 32 heavy (non-hydrogen) atoms. The molecule has 0 spiro atoms. The minimum Gasteiger partial charge on any atom is -0.338 e. The highest BCUT2D eigenvalue weighted by atomic mass is 35.5. The third kappa shape index (κ3) is 5.59. The number of carbonyl (C=O) groups excluding carboxylic acids is 1. The highest BCUT2D eigenvalue weighted by molar-refractivity contribution is 5.90. The summed E-state index contributed by atoms with van der Waals surface area (Å²) in [5.74, 6) is 0. The number of nitrogens with zero attached hydrogens (tertiary/aromatic N) is 2. The van der Waals surface area contributed by atoms with Crippen LogP contribution in [0.25, 0.3) is 28.0 Å². The predicted molar refractivity (Wildman–Crippen MR) is 136 cm³/mol. The maximum atomic E-state index is 11.8. The lowest BCUT2D eigenvalue weighted by Gasteiger charge is -2.09. The Hall–Kier alpha value is -3.06. The van der Waals surface area contributed by atoms with Crippen molar-refractivity contribution in [1.82, 2.24) is 14.7 Å². The quantitative estimate of drug-likeness (QED) is 0.363. The number of imidazole rings is 1. The van der Waals surface area contributed by atoms with Crippen LogP contribution in [0.1, 0.15) is 12.5 Å². The van der Waals surface area contributed by atoms with Crippen LogP contribution < -0.4 is 16.4 Å². The number of benzene rings is 2. The third-order valence-electron chi connectivity index (χ3n) is 4.96. The second-order valence-electron chi connectivity index (χ2n) is 7.09. The molecule has 0 unspecified atom stereocenters. The zero-order valence-corrected chi connectivity index (χ0v) is 19.4. The van der Waals surface area contributed by atoms with E-state index in [2.05, 4.69) is 56.4 Å². The third-order valence-corrected chi connectivity index (χ3v) is 4.96. The van der Waals surface area contributed by atoms with E-state index in [1.165, 1.54) is 5.56 Å². The molecule has 0 atom stereocenters. The van der Waals surface area contributed by atoms with Gasteiger partial charge in [0.2, 0.25) is 0 Å². The summed E-state index contributed by atoms with van der Waals surface area (Å²) in [7, 11) is 0. The Bertz CT molecular complexity index is 1190. The zero-order valence-electron chi connectivity index (χ0n) is 17.7. The van der Waals surface area contributed by atoms with Gasteiger partial charge >= 0.3 is 6.03 Å². The molecule has 0 bridgehead atoms. The van der Waals surface area contributed by atoms with Crippen LogP contribution in [0.4, 0.5) is 10.5 Å². The van der Waals surface area contributed by atoms with Crippen molar-refractivity contribution in [1.29, 1.82) is 0 Å². The molecule has 4 aromatic rings. The molecule has 0 aliphatic rings. The van der Waals surface area contributed by atoms with E-state index in [1.54, 1.807) is 0 Å². The molecule has 0 fully saturated rings. The van der Waals surface area contributed by atoms with Gasteiger partial charge in [0.05, 0.1) is 11.9 Å². The molecule has 0 radical (unpaired) electrons. The minimum atomic E-state index is -0.214. The summed E-state index contributed by atoms with van der Waals surface area (Å²) >= 11 is 0. The highest BCUT2D eigenvalue weighted by Gasteiger charge is 2.09. The van der Waals surface area contributed by atoms with Gasteiger partial charge in [0.25, 0.3) is 0 Å². The second-order valence-corrected chi connectivity index (χ2v) is 7.09. The van der Waals surface area contributed by atoms with Gasteiger partial charge in [-0.2, -0.15) is 0 Å². The number of amides is 2. The number of urea groups is 1. The van der Waals surface area contributed by atoms with Crippen molar-refractivity contribution < 1.29 is 4.79 Å². The summed E-state index contributed by atoms with van der Waals surface area (Å²) in [5, 5.41) is 5.59. The van der Waals surface area contributed by atoms with E-state index in [0.717, 1.165) is 40.1 Å². The molecular formula is C24H27Cl2N5O. The predicted octanol–water partition coefficient (Wildman–Crippen LogP) is 5.15. The van der Waals surface area contributed by atoms with Crippen LogP contribution in [-0.2, 0) is 6.42 Å². The molecule has 6 nitrogen and oxygen atoms in total. The highest BCUT2D eigenvalue weighted by Crippen LogP contribution is 2.27. The molecule has 8 heteroatoms. The van der Waals surface area contributed by atoms with E-state index in [9.17, 15) is 4.79 Å². The van der Waals surface area contributed by atoms with Crippen LogP contribution in [0.5, 0.6) is 0 Å². The van der Waals surface area contributed by atoms with Gasteiger partial charge in [-0.15, -0.1) is 24.8 Å². The number of fused-ring (bicyclic) bond motifs is 1. The van der Waals surface area contributed by atoms with Gasteiger partial charge in [0.15, 0.2) is 0 Å². The fourth-order valence-corrected chi connectivity index (χ4v) is 3.54. The number of carbonyl (C=O) groups is 1. The molecule has 2 amide bonds. The van der Waals surface area contributed by atoms with Crippen LogP contribution in [0.2, 0.25) is 0 Å². The number of hydrogen-bond acceptors (Lipinski definition) is 3. The van der Waals surface area contributed by atoms with Crippen molar-refractivity contribution in [2.75, 3.05) is 18.4 Å². The number of nitrogens with one attached hydrogen (secondary N) is 2. The Morgan fingerprint density at radius 1 is 1.00 bits per heavy atom. The average molecular weight is 472 g/mol. The first kappa shape index (κ1) is 25.2. The van der Waals surface area contributed by atoms with Crippen LogP contribution in [0.15, 0.2) is 73.1 Å². The molecule has 2 aromatic carbocycles. The van der Waals surface area contributed by atoms with Crippen LogP contribution in [0, 0.1) is 0 Å². The summed E-state index contributed by atoms with van der Waals surface area (Å²) in [6.07, 6.45) is 4.76. The van der Waals surface area contributed by atoms with Crippen LogP contribution >= 0.6 is 24.8 Å². The molecule has 4 N–H and O–H groups in total. The summed E-state index contributed by atoms with van der Waals surface area (Å²) in [6.45, 7) is 3.10. The topological polar surface area (TPSA) is 84.5 Å². The summed E-state index contributed by atoms with van der Waals surface area (Å²) in [4.78, 5) is 16.4. The largest absolute Gasteiger partial charge is 0.338 e. The summed E-state index contributed by atoms with van der Waals surface area (Å²) in [5.41, 5.74) is 12.7. The van der Waals surface area contributed by atoms with Gasteiger partial charge in [0, 0.05) is 24.0 Å². The molecule has 0 saturated carbocycles. The van der Waals surface area contributed by atoms with Crippen molar-refractivity contribution in [3.8, 4) is 22.4 Å². The molecule has 0 aliphatic carbocycles. The van der Waals surface area contributed by atoms with Crippen LogP contribution in [0.3, 0.4) is 0 Å². The fourth-order valence-electron chi connectivity index (χ4n) is 3.54. The second kappa shape index (κ2) is 11.5. The first-order valence-corrected chi connectivity index (χ1v) is 10.1. The maximum absolute atomic E-state index is 11.8. The molecule has 4 rings (SSSR count). The van der Waals surface area contributed by atoms with Gasteiger partial charge < -0.3 is 16.4 Å². The smallest absolute Gasteiger partial charge is 0.319 e. The van der Waals surface area contributed by atoms with E-state index in [1.807, 2.05) is 43.6 Å². The Labute approximate surface area is 200 Å². The number of nitrogens with two attached hydrogens (primary N) is 1. The van der Waals surface area contributed by atoms with Crippen molar-refractivity contribution in [3.05, 3.63) is 78.6 Å². The molecule has 0 saturated heterocycles. The Kier molecular flexibility index (Phi) is 9.08. The molecule has 168 valence electrons. The normalized spacial score (nSPS) is 10.2. The van der Waals surface area contributed by atoms with Crippen molar-refractivity contribution in [2.24, 2.45) is 5.73 Å². The first-order valence-electron chi connectivity index (χ1n) is 10.1. The summed E-state index contributed by atoms with van der Waals surface area (Å²) in [6, 6.07) is 20.2. The number of pyridine rings is 1. The maximum Gasteiger partial charge on any atom is 0.319 e. The number of halogens is 2. The molecular weight excluding hydrogens is 445 g/mol. The Balaban J connectivity index is 0.00000181. The summed E-state index contributed by atoms with van der Waals surface area (Å²) < 4.78 is 2.05. The lowest BCUT2D eigenvalue weighted by atomic mass is 10.0. The van der Waals surface area contributed by atoms with Crippen molar-refractivity contribution in [3.63, 3.8) is 0 Å². The van der Waals surface area contributed by atoms with Crippen molar-refractivity contribution in [2.45, 2.75) is 13.3 Å². The van der Waals surface area contributed by atoms with Gasteiger partial charge in [-0.05, 0) is 60.8 Å². The lowest BCUT2D eigenvalue weighted by molar-refractivity contribution is 0.252. The van der Waals surface area contributed by atoms with Crippen LogP contribution in [-0.4, -0.2) is 28.5 Å². The Morgan fingerprint density at radius 3 is 2.53 bits per heavy atom. The van der Waals surface area contributed by atoms with E-state index in [-0.39, 0.29) is 30.8 Å². The van der Waals surface area contributed by atoms with E-state index >= 15 is 0 Å². The SMILES string of the molecule is CCNC(=O)Nc1cccc(-c2cnc3cc(-c4cccc(CCN)c4)ccn23)c1.Cl.Cl. The average Bonchev–Trinajstić information content (AvgIpc) is 3.18. The van der Waals surface area contributed by atoms with Gasteiger partial charge in [0.1, 0.15) is 5.65 Å². The standard InChI is InChI=1S/C24H25N5O.2ClH/c1-2-26-24(30)28-21-8-4-7-20(14-21)22-16-27-23-15-19(10-12-29(22)23)18-6-3-5-17(13-18)9-11-25;;/h3-8,10,12-16H,2,9,11,25H2,1H3,(H2,26,28,30);2*1H. The Morgan fingerprint density at radius 2 is 1.75 bits per heavy atom. The van der Waals surface area contributed by atoms with Gasteiger partial charge in [-0.1, -0.05) is 36.4 Å². The number of anilines is 1. The lowest BCUT2D eigenvalue weighted by Crippen LogP contribution is -2.28. The molecule has 2 heterocycles. The van der Waals surface area contributed by atoms with Crippen molar-refractivity contribution >= 4 is 42.2 Å². The number of aromatic nitrogens is 2. The monoisotopic (exact) mass is 471 g/mol. The van der Waals surface area contributed by atoms with E-state index in [4.69, 9.17) is 5.73 Å².